The molecule has 6 amide bonds. The molecule has 35 heteroatoms. The minimum absolute atomic E-state index is 0.0140. The average Bonchev–Trinajstić information content (AvgIpc) is 0.915. The number of rotatable bonds is 46. The van der Waals surface area contributed by atoms with Crippen molar-refractivity contribution in [2.75, 3.05) is 152 Å². The largest absolute Gasteiger partial charge is 0.491 e. The van der Waals surface area contributed by atoms with E-state index in [2.05, 4.69) is 31.9 Å². The highest BCUT2D eigenvalue weighted by Gasteiger charge is 2.48. The zero-order valence-corrected chi connectivity index (χ0v) is 53.3. The summed E-state index contributed by atoms with van der Waals surface area (Å²) in [5.41, 5.74) is 0.678. The Morgan fingerprint density at radius 1 is 0.452 bits per heavy atom. The summed E-state index contributed by atoms with van der Waals surface area (Å²) in [4.78, 5) is 78.3. The topological polar surface area (TPSA) is 480 Å². The standard InChI is InChI=1S/C58H99N7O28/c1-34(2)90-39-8-6-38(7-9-39)28-40(55(80)61-12-15-83-18-21-86-24-27-89-58-48(64-37(5)71)54(79)51(76)43(33-68)93-58)65(29-44(72)59-10-13-81-16-19-84-22-25-87-56-46(62-35(3)69)52(77)49(74)41(31-66)91-56)30-45(73)60-11-14-82-17-20-85-23-26-88-57-47(63-36(4)70)53(78)50(75)42(32-67)92-57/h6-9,34,40-43,46-54,56-58,66-68,74-79H,10-33H2,1-5H3,(H,59,72)(H,60,73)(H,61,80)(H,62,69)(H,63,70)(H,64,71). The Labute approximate surface area is 539 Å². The summed E-state index contributed by atoms with van der Waals surface area (Å²) < 4.78 is 73.1. The summed E-state index contributed by atoms with van der Waals surface area (Å²) in [7, 11) is 0. The predicted octanol–water partition coefficient (Wildman–Crippen LogP) is -7.98. The quantitative estimate of drug-likeness (QED) is 0.0270. The van der Waals surface area contributed by atoms with Crippen LogP contribution in [0.2, 0.25) is 0 Å². The Hall–Kier alpha value is -5.04. The number of ether oxygens (including phenoxy) is 13. The van der Waals surface area contributed by atoms with Gasteiger partial charge < -0.3 is 139 Å². The summed E-state index contributed by atoms with van der Waals surface area (Å²) in [5, 5.41) is 107. The molecule has 15 N–H and O–H groups in total. The summed E-state index contributed by atoms with van der Waals surface area (Å²) in [6.45, 7) is 5.54. The molecule has 1 aromatic rings. The highest BCUT2D eigenvalue weighted by atomic mass is 16.7. The Morgan fingerprint density at radius 2 is 0.763 bits per heavy atom. The van der Waals surface area contributed by atoms with Gasteiger partial charge in [0.15, 0.2) is 18.9 Å². The number of nitrogens with one attached hydrogen (secondary N) is 6. The molecule has 1 aromatic carbocycles. The van der Waals surface area contributed by atoms with Gasteiger partial charge in [-0.15, -0.1) is 0 Å². The van der Waals surface area contributed by atoms with Crippen LogP contribution >= 0.6 is 0 Å². The van der Waals surface area contributed by atoms with Gasteiger partial charge in [-0.3, -0.25) is 33.7 Å². The van der Waals surface area contributed by atoms with Gasteiger partial charge in [0.05, 0.1) is 144 Å². The molecule has 0 bridgehead atoms. The molecule has 35 nitrogen and oxygen atoms in total. The molecule has 3 saturated heterocycles. The number of hydrogen-bond acceptors (Lipinski definition) is 29. The van der Waals surface area contributed by atoms with Crippen LogP contribution < -0.4 is 36.6 Å². The first-order valence-corrected chi connectivity index (χ1v) is 30.9. The Balaban J connectivity index is 1.30. The normalized spacial score (nSPS) is 26.7. The molecule has 0 aliphatic carbocycles. The van der Waals surface area contributed by atoms with Crippen molar-refractivity contribution in [2.24, 2.45) is 0 Å². The third-order valence-electron chi connectivity index (χ3n) is 14.2. The highest BCUT2D eigenvalue weighted by Crippen LogP contribution is 2.25. The first kappa shape index (κ1) is 80.4. The van der Waals surface area contributed by atoms with Crippen LogP contribution in [0.3, 0.4) is 0 Å². The predicted molar refractivity (Wildman–Crippen MR) is 319 cm³/mol. The lowest BCUT2D eigenvalue weighted by atomic mass is 9.97. The lowest BCUT2D eigenvalue weighted by molar-refractivity contribution is -0.272. The molecular weight excluding hydrogens is 1240 g/mol. The first-order chi connectivity index (χ1) is 44.6. The number of hydrogen-bond donors (Lipinski definition) is 15. The van der Waals surface area contributed by atoms with Crippen LogP contribution in [-0.4, -0.2) is 342 Å². The van der Waals surface area contributed by atoms with Crippen LogP contribution in [0.1, 0.15) is 40.2 Å². The van der Waals surface area contributed by atoms with Gasteiger partial charge in [-0.1, -0.05) is 12.1 Å². The number of amides is 6. The number of aliphatic hydroxyl groups is 9. The molecule has 3 aliphatic rings. The van der Waals surface area contributed by atoms with Crippen LogP contribution in [0.4, 0.5) is 0 Å². The van der Waals surface area contributed by atoms with Gasteiger partial charge in [0.2, 0.25) is 35.4 Å². The molecule has 0 aromatic heterocycles. The molecule has 16 atom stereocenters. The first-order valence-electron chi connectivity index (χ1n) is 30.9. The minimum Gasteiger partial charge on any atom is -0.491 e. The van der Waals surface area contributed by atoms with Gasteiger partial charge >= 0.3 is 0 Å². The summed E-state index contributed by atoms with van der Waals surface area (Å²) in [6, 6.07) is 2.59. The molecule has 4 rings (SSSR count). The summed E-state index contributed by atoms with van der Waals surface area (Å²) in [6.07, 6.45) is -15.9. The fourth-order valence-corrected chi connectivity index (χ4v) is 9.71. The zero-order chi connectivity index (χ0) is 68.2. The van der Waals surface area contributed by atoms with Crippen molar-refractivity contribution in [1.29, 1.82) is 0 Å². The molecule has 0 spiro atoms. The van der Waals surface area contributed by atoms with Crippen molar-refractivity contribution in [2.45, 2.75) is 145 Å². The van der Waals surface area contributed by atoms with E-state index < -0.39 is 166 Å². The maximum absolute atomic E-state index is 14.3. The van der Waals surface area contributed by atoms with Crippen molar-refractivity contribution in [3.8, 4) is 5.75 Å². The van der Waals surface area contributed by atoms with Crippen molar-refractivity contribution < 1.29 is 136 Å². The van der Waals surface area contributed by atoms with Crippen LogP contribution in [0.25, 0.3) is 0 Å². The minimum atomic E-state index is -1.47. The van der Waals surface area contributed by atoms with Gasteiger partial charge in [-0.25, -0.2) is 0 Å². The monoisotopic (exact) mass is 1340 g/mol. The maximum Gasteiger partial charge on any atom is 0.237 e. The van der Waals surface area contributed by atoms with Crippen LogP contribution in [0, 0.1) is 0 Å². The summed E-state index contributed by atoms with van der Waals surface area (Å²) in [5.74, 6) is -2.53. The van der Waals surface area contributed by atoms with Crippen molar-refractivity contribution in [3.63, 3.8) is 0 Å². The average molecular weight is 1340 g/mol. The van der Waals surface area contributed by atoms with Crippen molar-refractivity contribution >= 4 is 35.4 Å². The number of benzene rings is 1. The second kappa shape index (κ2) is 44.7. The van der Waals surface area contributed by atoms with Crippen molar-refractivity contribution in [1.82, 2.24) is 36.8 Å². The Bertz CT molecular complexity index is 2220. The number of aliphatic hydroxyl groups excluding tert-OH is 9. The fraction of sp³-hybridized carbons (Fsp3) is 0.793. The second-order valence-corrected chi connectivity index (χ2v) is 22.0. The number of carbonyl (C=O) groups is 6. The smallest absolute Gasteiger partial charge is 0.237 e. The third kappa shape index (κ3) is 29.5. The third-order valence-corrected chi connectivity index (χ3v) is 14.2. The molecule has 534 valence electrons. The molecule has 3 fully saturated rings. The van der Waals surface area contributed by atoms with E-state index in [4.69, 9.17) is 61.6 Å². The molecule has 3 aliphatic heterocycles. The Kier molecular flexibility index (Phi) is 38.6. The van der Waals surface area contributed by atoms with Crippen LogP contribution in [0.15, 0.2) is 24.3 Å². The van der Waals surface area contributed by atoms with E-state index in [0.717, 1.165) is 0 Å². The lowest BCUT2D eigenvalue weighted by Gasteiger charge is -2.42. The van der Waals surface area contributed by atoms with E-state index in [0.29, 0.717) is 11.3 Å². The number of carbonyl (C=O) groups excluding carboxylic acids is 6. The number of nitrogens with zero attached hydrogens (tertiary/aromatic N) is 1. The van der Waals surface area contributed by atoms with E-state index in [1.54, 1.807) is 24.3 Å². The molecule has 93 heavy (non-hydrogen) atoms. The SMILES string of the molecule is CC(=O)NC1C(OCCOCCOCCNC(=O)CN(CC(=O)NCCOCCOCCOC2OC(CO)C(O)C(O)C2NC(C)=O)C(Cc2ccc(OC(C)C)cc2)C(=O)NCCOCCOCCOC2OC(CO)C(O)C(O)C2NC(C)=O)OC(CO)C(O)C1O. The highest BCUT2D eigenvalue weighted by molar-refractivity contribution is 5.86. The zero-order valence-electron chi connectivity index (χ0n) is 53.3. The van der Waals surface area contributed by atoms with Gasteiger partial charge in [0.1, 0.15) is 78.8 Å². The van der Waals surface area contributed by atoms with Gasteiger partial charge in [0, 0.05) is 40.4 Å². The van der Waals surface area contributed by atoms with Crippen LogP contribution in [0.5, 0.6) is 5.75 Å². The van der Waals surface area contributed by atoms with E-state index in [9.17, 15) is 74.7 Å². The van der Waals surface area contributed by atoms with E-state index >= 15 is 0 Å². The van der Waals surface area contributed by atoms with E-state index in [-0.39, 0.29) is 131 Å². The fourth-order valence-electron chi connectivity index (χ4n) is 9.71. The van der Waals surface area contributed by atoms with E-state index in [1.807, 2.05) is 13.8 Å². The van der Waals surface area contributed by atoms with Crippen LogP contribution in [-0.2, 0) is 92.0 Å². The molecular formula is C58H99N7O28. The second-order valence-electron chi connectivity index (χ2n) is 22.0. The van der Waals surface area contributed by atoms with E-state index in [1.165, 1.54) is 25.7 Å². The Morgan fingerprint density at radius 3 is 1.08 bits per heavy atom. The lowest BCUT2D eigenvalue weighted by Crippen LogP contribution is -2.64. The molecule has 0 radical (unpaired) electrons. The van der Waals surface area contributed by atoms with Gasteiger partial charge in [-0.2, -0.15) is 0 Å². The maximum atomic E-state index is 14.3. The van der Waals surface area contributed by atoms with Gasteiger partial charge in [0.25, 0.3) is 0 Å². The molecule has 16 unspecified atom stereocenters. The molecule has 0 saturated carbocycles. The summed E-state index contributed by atoms with van der Waals surface area (Å²) >= 11 is 0. The molecule has 3 heterocycles. The van der Waals surface area contributed by atoms with Crippen molar-refractivity contribution in [3.05, 3.63) is 29.8 Å². The van der Waals surface area contributed by atoms with Gasteiger partial charge in [-0.05, 0) is 38.0 Å².